The summed E-state index contributed by atoms with van der Waals surface area (Å²) in [6.07, 6.45) is 2.06. The number of carbonyl (C=O) groups excluding carboxylic acids is 1. The van der Waals surface area contributed by atoms with Gasteiger partial charge in [-0.25, -0.2) is 0 Å². The molecule has 1 amide bonds. The van der Waals surface area contributed by atoms with Gasteiger partial charge >= 0.3 is 0 Å². The Bertz CT molecular complexity index is 370. The summed E-state index contributed by atoms with van der Waals surface area (Å²) in [6, 6.07) is 2.23. The Morgan fingerprint density at radius 2 is 2.05 bits per heavy atom. The Hall–Kier alpha value is -1.12. The number of hydrogen-bond acceptors (Lipinski definition) is 4. The molecule has 3 N–H and O–H groups in total. The summed E-state index contributed by atoms with van der Waals surface area (Å²) in [7, 11) is 1.90. The molecule has 1 saturated carbocycles. The monoisotopic (exact) mass is 266 g/mol. The molecule has 1 aliphatic rings. The number of carbonyl (C=O) groups is 1. The third-order valence-corrected chi connectivity index (χ3v) is 3.69. The van der Waals surface area contributed by atoms with Crippen LogP contribution in [0.4, 0.5) is 0 Å². The van der Waals surface area contributed by atoms with Gasteiger partial charge in [0, 0.05) is 6.54 Å². The fourth-order valence-electron chi connectivity index (χ4n) is 2.31. The Kier molecular flexibility index (Phi) is 4.94. The number of likely N-dealkylation sites (N-methyl/N-ethyl adjacent to an activating group) is 1. The maximum Gasteiger partial charge on any atom is 0.235 e. The van der Waals surface area contributed by atoms with Gasteiger partial charge in [-0.2, -0.15) is 5.26 Å². The van der Waals surface area contributed by atoms with E-state index in [-0.39, 0.29) is 11.3 Å². The molecule has 0 aliphatic heterocycles. The number of rotatable bonds is 7. The predicted octanol–water partition coefficient (Wildman–Crippen LogP) is 0.712. The highest BCUT2D eigenvalue weighted by Crippen LogP contribution is 2.39. The van der Waals surface area contributed by atoms with Gasteiger partial charge in [0.15, 0.2) is 0 Å². The zero-order valence-corrected chi connectivity index (χ0v) is 12.5. The maximum atomic E-state index is 12.0. The second kappa shape index (κ2) is 5.89. The minimum Gasteiger partial charge on any atom is -0.337 e. The van der Waals surface area contributed by atoms with Crippen molar-refractivity contribution in [3.05, 3.63) is 0 Å². The van der Waals surface area contributed by atoms with Gasteiger partial charge in [0.2, 0.25) is 5.91 Å². The molecule has 0 saturated heterocycles. The van der Waals surface area contributed by atoms with E-state index in [0.717, 1.165) is 19.4 Å². The lowest BCUT2D eigenvalue weighted by Gasteiger charge is -2.30. The highest BCUT2D eigenvalue weighted by molar-refractivity contribution is 5.79. The van der Waals surface area contributed by atoms with Crippen LogP contribution in [0.2, 0.25) is 0 Å². The number of nitrogens with one attached hydrogen (secondary N) is 1. The normalized spacial score (nSPS) is 18.8. The SMILES string of the molecule is CN(CC(=O)NC(C)(C#N)C1CC1)CC(C)(C)CN. The van der Waals surface area contributed by atoms with Crippen LogP contribution in [0.3, 0.4) is 0 Å². The third-order valence-electron chi connectivity index (χ3n) is 3.69. The van der Waals surface area contributed by atoms with Crippen molar-refractivity contribution in [2.75, 3.05) is 26.7 Å². The molecule has 1 fully saturated rings. The molecule has 19 heavy (non-hydrogen) atoms. The molecule has 5 heteroatoms. The van der Waals surface area contributed by atoms with Crippen LogP contribution in [0.15, 0.2) is 0 Å². The fourth-order valence-corrected chi connectivity index (χ4v) is 2.31. The van der Waals surface area contributed by atoms with Gasteiger partial charge in [-0.3, -0.25) is 9.69 Å². The van der Waals surface area contributed by atoms with E-state index in [2.05, 4.69) is 25.2 Å². The highest BCUT2D eigenvalue weighted by Gasteiger charge is 2.43. The second-order valence-corrected chi connectivity index (χ2v) is 6.68. The van der Waals surface area contributed by atoms with E-state index in [4.69, 9.17) is 5.73 Å². The molecule has 0 aromatic heterocycles. The van der Waals surface area contributed by atoms with Gasteiger partial charge in [-0.05, 0) is 44.7 Å². The van der Waals surface area contributed by atoms with Crippen LogP contribution < -0.4 is 11.1 Å². The first kappa shape index (κ1) is 15.9. The van der Waals surface area contributed by atoms with Crippen LogP contribution >= 0.6 is 0 Å². The third kappa shape index (κ3) is 4.81. The Balaban J connectivity index is 2.45. The van der Waals surface area contributed by atoms with Gasteiger partial charge in [-0.15, -0.1) is 0 Å². The van der Waals surface area contributed by atoms with Gasteiger partial charge in [0.05, 0.1) is 12.6 Å². The van der Waals surface area contributed by atoms with Crippen LogP contribution in [-0.4, -0.2) is 43.0 Å². The van der Waals surface area contributed by atoms with Crippen molar-refractivity contribution in [1.82, 2.24) is 10.2 Å². The van der Waals surface area contributed by atoms with E-state index in [1.54, 1.807) is 0 Å². The van der Waals surface area contributed by atoms with Crippen LogP contribution in [0.5, 0.6) is 0 Å². The average molecular weight is 266 g/mol. The summed E-state index contributed by atoms with van der Waals surface area (Å²) in [5.41, 5.74) is 4.97. The van der Waals surface area contributed by atoms with Crippen molar-refractivity contribution in [3.63, 3.8) is 0 Å². The molecule has 0 spiro atoms. The fraction of sp³-hybridized carbons (Fsp3) is 0.857. The number of nitrogens with two attached hydrogens (primary N) is 1. The smallest absolute Gasteiger partial charge is 0.235 e. The molecular formula is C14H26N4O. The van der Waals surface area contributed by atoms with E-state index >= 15 is 0 Å². The molecule has 1 unspecified atom stereocenters. The number of hydrogen-bond donors (Lipinski definition) is 2. The topological polar surface area (TPSA) is 82.2 Å². The quantitative estimate of drug-likeness (QED) is 0.711. The lowest BCUT2D eigenvalue weighted by atomic mass is 9.93. The predicted molar refractivity (Wildman–Crippen MR) is 75.2 cm³/mol. The molecule has 0 bridgehead atoms. The molecule has 1 atom stereocenters. The van der Waals surface area contributed by atoms with Crippen molar-refractivity contribution in [1.29, 1.82) is 5.26 Å². The molecule has 1 aliphatic carbocycles. The van der Waals surface area contributed by atoms with Crippen molar-refractivity contribution < 1.29 is 4.79 Å². The molecular weight excluding hydrogens is 240 g/mol. The lowest BCUT2D eigenvalue weighted by Crippen LogP contribution is -2.50. The molecule has 1 rings (SSSR count). The van der Waals surface area contributed by atoms with Crippen molar-refractivity contribution >= 4 is 5.91 Å². The molecule has 0 aromatic rings. The Labute approximate surface area is 116 Å². The zero-order valence-electron chi connectivity index (χ0n) is 12.5. The molecule has 108 valence electrons. The van der Waals surface area contributed by atoms with Gasteiger partial charge in [-0.1, -0.05) is 13.8 Å². The van der Waals surface area contributed by atoms with Crippen LogP contribution in [0.1, 0.15) is 33.6 Å². The lowest BCUT2D eigenvalue weighted by molar-refractivity contribution is -0.123. The molecule has 0 heterocycles. The molecule has 5 nitrogen and oxygen atoms in total. The average Bonchev–Trinajstić information content (AvgIpc) is 3.11. The van der Waals surface area contributed by atoms with E-state index in [0.29, 0.717) is 19.0 Å². The summed E-state index contributed by atoms with van der Waals surface area (Å²) in [5, 5.41) is 12.1. The first-order valence-electron chi connectivity index (χ1n) is 6.83. The van der Waals surface area contributed by atoms with Crippen LogP contribution in [0, 0.1) is 22.7 Å². The largest absolute Gasteiger partial charge is 0.337 e. The summed E-state index contributed by atoms with van der Waals surface area (Å²) in [6.45, 7) is 7.59. The number of amides is 1. The number of nitrogens with zero attached hydrogens (tertiary/aromatic N) is 2. The van der Waals surface area contributed by atoms with Gasteiger partial charge < -0.3 is 11.1 Å². The van der Waals surface area contributed by atoms with E-state index in [1.165, 1.54) is 0 Å². The minimum absolute atomic E-state index is 0.00987. The van der Waals surface area contributed by atoms with Crippen LogP contribution in [0.25, 0.3) is 0 Å². The van der Waals surface area contributed by atoms with Gasteiger partial charge in [0.1, 0.15) is 5.54 Å². The Morgan fingerprint density at radius 1 is 1.47 bits per heavy atom. The van der Waals surface area contributed by atoms with E-state index < -0.39 is 5.54 Å². The highest BCUT2D eigenvalue weighted by atomic mass is 16.2. The summed E-state index contributed by atoms with van der Waals surface area (Å²) in [4.78, 5) is 14.0. The van der Waals surface area contributed by atoms with E-state index in [9.17, 15) is 10.1 Å². The summed E-state index contributed by atoms with van der Waals surface area (Å²) in [5.74, 6) is 0.221. The Morgan fingerprint density at radius 3 is 2.47 bits per heavy atom. The minimum atomic E-state index is -0.707. The van der Waals surface area contributed by atoms with Crippen molar-refractivity contribution in [2.24, 2.45) is 17.1 Å². The standard InChI is InChI=1S/C14H26N4O/c1-13(2,8-15)10-18(4)7-12(19)17-14(3,9-16)11-5-6-11/h11H,5-8,10,15H2,1-4H3,(H,17,19). The van der Waals surface area contributed by atoms with Gasteiger partial charge in [0.25, 0.3) is 0 Å². The van der Waals surface area contributed by atoms with E-state index in [1.807, 2.05) is 18.9 Å². The number of nitriles is 1. The molecule has 0 aromatic carbocycles. The second-order valence-electron chi connectivity index (χ2n) is 6.68. The molecule has 0 radical (unpaired) electrons. The van der Waals surface area contributed by atoms with Crippen LogP contribution in [-0.2, 0) is 4.79 Å². The zero-order chi connectivity index (χ0) is 14.7. The van der Waals surface area contributed by atoms with Crippen molar-refractivity contribution in [2.45, 2.75) is 39.2 Å². The summed E-state index contributed by atoms with van der Waals surface area (Å²) < 4.78 is 0. The van der Waals surface area contributed by atoms with Crippen molar-refractivity contribution in [3.8, 4) is 6.07 Å². The maximum absolute atomic E-state index is 12.0. The first-order chi connectivity index (χ1) is 8.72. The summed E-state index contributed by atoms with van der Waals surface area (Å²) >= 11 is 0. The first-order valence-corrected chi connectivity index (χ1v) is 6.83.